The average Bonchev–Trinajstić information content (AvgIpc) is 2.22. The molecule has 0 radical (unpaired) electrons. The second-order valence-electron chi connectivity index (χ2n) is 4.65. The molecular formula is C11H11F3O3. The first kappa shape index (κ1) is 12.3. The molecule has 2 aliphatic carbocycles. The fraction of sp³-hybridized carbons (Fsp3) is 0.727. The van der Waals surface area contributed by atoms with Crippen molar-refractivity contribution >= 4 is 17.3 Å². The molecule has 0 bridgehead atoms. The Morgan fingerprint density at radius 3 is 2.29 bits per heavy atom. The van der Waals surface area contributed by atoms with Crippen LogP contribution in [0.4, 0.5) is 13.2 Å². The summed E-state index contributed by atoms with van der Waals surface area (Å²) in [6.45, 7) is 0. The first-order chi connectivity index (χ1) is 7.79. The predicted molar refractivity (Wildman–Crippen MR) is 50.1 cm³/mol. The zero-order valence-electron chi connectivity index (χ0n) is 8.97. The highest BCUT2D eigenvalue weighted by atomic mass is 19.4. The molecule has 2 saturated carbocycles. The summed E-state index contributed by atoms with van der Waals surface area (Å²) in [5.41, 5.74) is -2.59. The monoisotopic (exact) mass is 248 g/mol. The van der Waals surface area contributed by atoms with Crippen molar-refractivity contribution in [1.29, 1.82) is 0 Å². The van der Waals surface area contributed by atoms with E-state index in [0.29, 0.717) is 0 Å². The number of rotatable bonds is 0. The van der Waals surface area contributed by atoms with E-state index in [2.05, 4.69) is 0 Å². The lowest BCUT2D eigenvalue weighted by Gasteiger charge is -2.45. The summed E-state index contributed by atoms with van der Waals surface area (Å²) in [4.78, 5) is 34.4. The van der Waals surface area contributed by atoms with Gasteiger partial charge in [0.25, 0.3) is 0 Å². The van der Waals surface area contributed by atoms with Gasteiger partial charge in [-0.2, -0.15) is 13.2 Å². The molecule has 3 nitrogen and oxygen atoms in total. The van der Waals surface area contributed by atoms with Crippen LogP contribution in [0.3, 0.4) is 0 Å². The molecule has 0 N–H and O–H groups in total. The van der Waals surface area contributed by atoms with E-state index in [1.807, 2.05) is 0 Å². The van der Waals surface area contributed by atoms with Gasteiger partial charge in [-0.25, -0.2) is 0 Å². The minimum atomic E-state index is -4.74. The van der Waals surface area contributed by atoms with E-state index in [9.17, 15) is 27.6 Å². The number of alkyl halides is 3. The summed E-state index contributed by atoms with van der Waals surface area (Å²) < 4.78 is 39.4. The van der Waals surface area contributed by atoms with Gasteiger partial charge in [-0.05, 0) is 6.42 Å². The largest absolute Gasteiger partial charge is 0.402 e. The first-order valence-corrected chi connectivity index (χ1v) is 5.43. The zero-order chi connectivity index (χ0) is 12.8. The number of hydrogen-bond acceptors (Lipinski definition) is 3. The maximum atomic E-state index is 13.1. The molecule has 6 heteroatoms. The average molecular weight is 248 g/mol. The number of hydrogen-bond donors (Lipinski definition) is 0. The SMILES string of the molecule is O=C1CC[C@]2(C(F)(F)F)C(=O)CCC(=O)[C@@H]2C1. The molecule has 0 spiro atoms. The molecule has 2 aliphatic rings. The van der Waals surface area contributed by atoms with Gasteiger partial charge in [0.2, 0.25) is 0 Å². The van der Waals surface area contributed by atoms with Crippen LogP contribution in [0.1, 0.15) is 32.1 Å². The topological polar surface area (TPSA) is 51.2 Å². The van der Waals surface area contributed by atoms with E-state index in [-0.39, 0.29) is 25.0 Å². The van der Waals surface area contributed by atoms with Crippen LogP contribution < -0.4 is 0 Å². The molecule has 2 atom stereocenters. The zero-order valence-corrected chi connectivity index (χ0v) is 8.97. The normalized spacial score (nSPS) is 34.8. The van der Waals surface area contributed by atoms with Gasteiger partial charge in [-0.15, -0.1) is 0 Å². The summed E-state index contributed by atoms with van der Waals surface area (Å²) in [5.74, 6) is -3.37. The summed E-state index contributed by atoms with van der Waals surface area (Å²) in [7, 11) is 0. The molecule has 94 valence electrons. The minimum absolute atomic E-state index is 0.172. The third kappa shape index (κ3) is 1.61. The Kier molecular flexibility index (Phi) is 2.63. The van der Waals surface area contributed by atoms with Crippen molar-refractivity contribution in [1.82, 2.24) is 0 Å². The molecule has 2 fully saturated rings. The van der Waals surface area contributed by atoms with E-state index in [4.69, 9.17) is 0 Å². The van der Waals surface area contributed by atoms with Crippen LogP contribution in [0.2, 0.25) is 0 Å². The van der Waals surface area contributed by atoms with E-state index in [1.165, 1.54) is 0 Å². The van der Waals surface area contributed by atoms with Crippen molar-refractivity contribution < 1.29 is 27.6 Å². The molecule has 0 heterocycles. The van der Waals surface area contributed by atoms with Crippen molar-refractivity contribution in [2.24, 2.45) is 11.3 Å². The molecule has 0 unspecified atom stereocenters. The number of carbonyl (C=O) groups excluding carboxylic acids is 3. The van der Waals surface area contributed by atoms with Gasteiger partial charge in [-0.3, -0.25) is 14.4 Å². The van der Waals surface area contributed by atoms with E-state index in [0.717, 1.165) is 0 Å². The number of fused-ring (bicyclic) bond motifs is 1. The van der Waals surface area contributed by atoms with Gasteiger partial charge >= 0.3 is 6.18 Å². The van der Waals surface area contributed by atoms with Crippen molar-refractivity contribution in [3.05, 3.63) is 0 Å². The first-order valence-electron chi connectivity index (χ1n) is 5.43. The molecule has 0 aromatic carbocycles. The van der Waals surface area contributed by atoms with Crippen LogP contribution in [0.5, 0.6) is 0 Å². The molecule has 0 aliphatic heterocycles. The molecule has 0 saturated heterocycles. The molecular weight excluding hydrogens is 237 g/mol. The third-order valence-corrected chi connectivity index (χ3v) is 3.82. The van der Waals surface area contributed by atoms with E-state index < -0.39 is 41.9 Å². The fourth-order valence-electron chi connectivity index (χ4n) is 2.87. The number of ketones is 3. The van der Waals surface area contributed by atoms with E-state index >= 15 is 0 Å². The predicted octanol–water partition coefficient (Wildman–Crippen LogP) is 1.84. The minimum Gasteiger partial charge on any atom is -0.300 e. The molecule has 17 heavy (non-hydrogen) atoms. The Balaban J connectivity index is 2.50. The molecule has 0 aromatic rings. The number of halogens is 3. The van der Waals surface area contributed by atoms with Crippen molar-refractivity contribution in [3.63, 3.8) is 0 Å². The Labute approximate surface area is 95.4 Å². The third-order valence-electron chi connectivity index (χ3n) is 3.82. The fourth-order valence-corrected chi connectivity index (χ4v) is 2.87. The Morgan fingerprint density at radius 2 is 1.71 bits per heavy atom. The van der Waals surface area contributed by atoms with Gasteiger partial charge in [-0.1, -0.05) is 0 Å². The van der Waals surface area contributed by atoms with Gasteiger partial charge in [0, 0.05) is 31.6 Å². The van der Waals surface area contributed by atoms with Crippen LogP contribution in [0.15, 0.2) is 0 Å². The summed E-state index contributed by atoms with van der Waals surface area (Å²) in [6, 6.07) is 0. The highest BCUT2D eigenvalue weighted by molar-refractivity contribution is 6.02. The van der Waals surface area contributed by atoms with Crippen molar-refractivity contribution in [2.45, 2.75) is 38.3 Å². The molecule has 2 rings (SSSR count). The molecule has 0 amide bonds. The summed E-state index contributed by atoms with van der Waals surface area (Å²) in [5, 5.41) is 0. The second kappa shape index (κ2) is 3.65. The maximum absolute atomic E-state index is 13.1. The second-order valence-corrected chi connectivity index (χ2v) is 4.65. The molecule has 0 aromatic heterocycles. The van der Waals surface area contributed by atoms with Crippen LogP contribution in [-0.2, 0) is 14.4 Å². The van der Waals surface area contributed by atoms with Crippen LogP contribution in [0.25, 0.3) is 0 Å². The maximum Gasteiger partial charge on any atom is 0.402 e. The Hall–Kier alpha value is -1.20. The van der Waals surface area contributed by atoms with Crippen molar-refractivity contribution in [2.75, 3.05) is 0 Å². The Morgan fingerprint density at radius 1 is 1.06 bits per heavy atom. The Bertz CT molecular complexity index is 399. The van der Waals surface area contributed by atoms with Crippen LogP contribution in [-0.4, -0.2) is 23.5 Å². The number of Topliss-reactive ketones (excluding diaryl/α,β-unsaturated/α-hetero) is 3. The van der Waals surface area contributed by atoms with Gasteiger partial charge in [0.15, 0.2) is 0 Å². The lowest BCUT2D eigenvalue weighted by atomic mass is 9.57. The van der Waals surface area contributed by atoms with Gasteiger partial charge in [0.1, 0.15) is 22.8 Å². The highest BCUT2D eigenvalue weighted by Gasteiger charge is 2.67. The van der Waals surface area contributed by atoms with Gasteiger partial charge < -0.3 is 0 Å². The lowest BCUT2D eigenvalue weighted by molar-refractivity contribution is -0.243. The highest BCUT2D eigenvalue weighted by Crippen LogP contribution is 2.55. The lowest BCUT2D eigenvalue weighted by Crippen LogP contribution is -2.58. The summed E-state index contributed by atoms with van der Waals surface area (Å²) in [6.07, 6.45) is -6.55. The van der Waals surface area contributed by atoms with E-state index in [1.54, 1.807) is 0 Å². The summed E-state index contributed by atoms with van der Waals surface area (Å²) >= 11 is 0. The van der Waals surface area contributed by atoms with Crippen molar-refractivity contribution in [3.8, 4) is 0 Å². The smallest absolute Gasteiger partial charge is 0.300 e. The quantitative estimate of drug-likeness (QED) is 0.657. The standard InChI is InChI=1S/C11H11F3O3/c12-11(13,14)10-4-3-6(15)5-7(10)8(16)1-2-9(10)17/h7H,1-5H2/t7-,10+/m0/s1. The van der Waals surface area contributed by atoms with Crippen LogP contribution in [0, 0.1) is 11.3 Å². The number of carbonyl (C=O) groups is 3. The van der Waals surface area contributed by atoms with Crippen LogP contribution >= 0.6 is 0 Å². The van der Waals surface area contributed by atoms with Gasteiger partial charge in [0.05, 0.1) is 0 Å².